The molecule has 0 bridgehead atoms. The van der Waals surface area contributed by atoms with Crippen molar-refractivity contribution < 1.29 is 0 Å². The van der Waals surface area contributed by atoms with Crippen LogP contribution in [0.25, 0.3) is 0 Å². The topological polar surface area (TPSA) is 0 Å². The molecule has 0 atom stereocenters. The van der Waals surface area contributed by atoms with Gasteiger partial charge in [-0.3, -0.25) is 0 Å². The molecular weight excluding hydrogens is 347 g/mol. The van der Waals surface area contributed by atoms with E-state index in [1.165, 1.54) is 25.7 Å². The summed E-state index contributed by atoms with van der Waals surface area (Å²) in [5.41, 5.74) is 0. The maximum absolute atomic E-state index is 2.40. The van der Waals surface area contributed by atoms with Crippen LogP contribution >= 0.6 is 0 Å². The molecule has 0 aromatic heterocycles. The summed E-state index contributed by atoms with van der Waals surface area (Å²) < 4.78 is 6.94. The molecule has 1 aliphatic carbocycles. The van der Waals surface area contributed by atoms with Crippen molar-refractivity contribution in [3.8, 4) is 0 Å². The van der Waals surface area contributed by atoms with Crippen molar-refractivity contribution in [2.24, 2.45) is 5.92 Å². The predicted octanol–water partition coefficient (Wildman–Crippen LogP) is 7.42. The normalized spacial score (nSPS) is 17.6. The summed E-state index contributed by atoms with van der Waals surface area (Å²) in [6, 6.07) is 0. The number of unbranched alkanes of at least 4 members (excludes halogenated alkanes) is 3. The van der Waals surface area contributed by atoms with Crippen molar-refractivity contribution in [1.82, 2.24) is 0 Å². The minimum atomic E-state index is -1.79. The standard InChI is InChI=1S/C7H13.3C4H9.Sn/c1-7-5-3-2-4-6-7;3*1-3-4-2;/h7H,1-6H2;3*1,3-4H2,2H3;. The third-order valence-electron chi connectivity index (χ3n) is 5.63. The third kappa shape index (κ3) is 7.18. The first kappa shape index (κ1) is 18.8. The molecule has 1 fully saturated rings. The van der Waals surface area contributed by atoms with E-state index in [4.69, 9.17) is 0 Å². The van der Waals surface area contributed by atoms with Crippen LogP contribution in [0.5, 0.6) is 0 Å². The number of hydrogen-bond donors (Lipinski definition) is 0. The molecule has 0 aromatic rings. The number of hydrogen-bond acceptors (Lipinski definition) is 0. The van der Waals surface area contributed by atoms with Gasteiger partial charge in [0, 0.05) is 0 Å². The first-order valence-electron chi connectivity index (χ1n) is 9.76. The Morgan fingerprint density at radius 1 is 0.700 bits per heavy atom. The second-order valence-corrected chi connectivity index (χ2v) is 21.5. The van der Waals surface area contributed by atoms with Crippen LogP contribution in [0, 0.1) is 5.92 Å². The molecule has 1 aliphatic rings. The maximum atomic E-state index is 2.40. The summed E-state index contributed by atoms with van der Waals surface area (Å²) in [5.74, 6) is 1.16. The summed E-state index contributed by atoms with van der Waals surface area (Å²) in [6.45, 7) is 7.20. The van der Waals surface area contributed by atoms with E-state index in [1.54, 1.807) is 62.7 Å². The van der Waals surface area contributed by atoms with E-state index < -0.39 is 18.4 Å². The fraction of sp³-hybridized carbons (Fsp3) is 1.00. The van der Waals surface area contributed by atoms with Crippen LogP contribution in [0.3, 0.4) is 0 Å². The molecule has 0 nitrogen and oxygen atoms in total. The number of rotatable bonds is 11. The average Bonchev–Trinajstić information content (AvgIpc) is 2.49. The van der Waals surface area contributed by atoms with Gasteiger partial charge in [-0.05, 0) is 0 Å². The zero-order valence-electron chi connectivity index (χ0n) is 14.7. The zero-order valence-corrected chi connectivity index (χ0v) is 17.5. The Morgan fingerprint density at radius 2 is 1.15 bits per heavy atom. The van der Waals surface area contributed by atoms with Crippen LogP contribution in [-0.4, -0.2) is 18.4 Å². The van der Waals surface area contributed by atoms with E-state index in [1.807, 2.05) is 0 Å². The monoisotopic (exact) mass is 388 g/mol. The van der Waals surface area contributed by atoms with Gasteiger partial charge in [-0.1, -0.05) is 0 Å². The third-order valence-corrected chi connectivity index (χ3v) is 21.9. The van der Waals surface area contributed by atoms with Crippen LogP contribution in [0.15, 0.2) is 0 Å². The van der Waals surface area contributed by atoms with E-state index in [0.29, 0.717) is 0 Å². The Hall–Kier alpha value is 0.799. The average molecular weight is 387 g/mol. The van der Waals surface area contributed by atoms with Crippen LogP contribution in [0.4, 0.5) is 0 Å². The summed E-state index contributed by atoms with van der Waals surface area (Å²) in [6.07, 6.45) is 16.7. The van der Waals surface area contributed by atoms with Gasteiger partial charge in [0.1, 0.15) is 0 Å². The van der Waals surface area contributed by atoms with Crippen molar-refractivity contribution in [1.29, 1.82) is 0 Å². The zero-order chi connectivity index (χ0) is 14.7. The molecule has 120 valence electrons. The SMILES string of the molecule is CCC[CH2][Sn]([CH2]CCC)([CH2]CCC)[CH2]C1CCCCC1. The van der Waals surface area contributed by atoms with Gasteiger partial charge < -0.3 is 0 Å². The second kappa shape index (κ2) is 11.4. The fourth-order valence-electron chi connectivity index (χ4n) is 4.34. The van der Waals surface area contributed by atoms with Crippen molar-refractivity contribution in [3.05, 3.63) is 0 Å². The predicted molar refractivity (Wildman–Crippen MR) is 96.3 cm³/mol. The van der Waals surface area contributed by atoms with E-state index in [0.717, 1.165) is 5.92 Å². The molecule has 0 radical (unpaired) electrons. The molecule has 0 aliphatic heterocycles. The summed E-state index contributed by atoms with van der Waals surface area (Å²) in [5, 5.41) is 0. The molecule has 0 amide bonds. The van der Waals surface area contributed by atoms with Crippen LogP contribution in [0.2, 0.25) is 17.7 Å². The van der Waals surface area contributed by atoms with E-state index in [2.05, 4.69) is 20.8 Å². The quantitative estimate of drug-likeness (QED) is 0.324. The van der Waals surface area contributed by atoms with E-state index in [-0.39, 0.29) is 0 Å². The molecule has 0 heterocycles. The Kier molecular flexibility index (Phi) is 10.7. The summed E-state index contributed by atoms with van der Waals surface area (Å²) in [4.78, 5) is 0. The molecule has 1 saturated carbocycles. The van der Waals surface area contributed by atoms with Gasteiger partial charge in [-0.2, -0.15) is 0 Å². The van der Waals surface area contributed by atoms with Gasteiger partial charge in [-0.25, -0.2) is 0 Å². The van der Waals surface area contributed by atoms with Crippen LogP contribution < -0.4 is 0 Å². The Morgan fingerprint density at radius 3 is 1.55 bits per heavy atom. The van der Waals surface area contributed by atoms with Gasteiger partial charge in [0.2, 0.25) is 0 Å². The van der Waals surface area contributed by atoms with Crippen molar-refractivity contribution in [3.63, 3.8) is 0 Å². The molecule has 0 saturated heterocycles. The molecule has 0 N–H and O–H groups in total. The fourth-order valence-corrected chi connectivity index (χ4v) is 22.3. The minimum absolute atomic E-state index is 1.16. The van der Waals surface area contributed by atoms with Gasteiger partial charge in [-0.15, -0.1) is 0 Å². The Bertz CT molecular complexity index is 196. The summed E-state index contributed by atoms with van der Waals surface area (Å²) in [7, 11) is 0. The Labute approximate surface area is 133 Å². The van der Waals surface area contributed by atoms with Gasteiger partial charge in [0.05, 0.1) is 0 Å². The van der Waals surface area contributed by atoms with Crippen LogP contribution in [0.1, 0.15) is 91.4 Å². The molecule has 1 rings (SSSR count). The van der Waals surface area contributed by atoms with Gasteiger partial charge >= 0.3 is 133 Å². The van der Waals surface area contributed by atoms with E-state index in [9.17, 15) is 0 Å². The Balaban J connectivity index is 2.64. The molecule has 20 heavy (non-hydrogen) atoms. The van der Waals surface area contributed by atoms with Gasteiger partial charge in [0.25, 0.3) is 0 Å². The molecule has 0 aromatic carbocycles. The van der Waals surface area contributed by atoms with Crippen molar-refractivity contribution >= 4 is 18.4 Å². The molecular formula is C19H40Sn. The van der Waals surface area contributed by atoms with Crippen molar-refractivity contribution in [2.45, 2.75) is 109 Å². The molecule has 1 heteroatoms. The van der Waals surface area contributed by atoms with Gasteiger partial charge in [0.15, 0.2) is 0 Å². The molecule has 0 unspecified atom stereocenters. The van der Waals surface area contributed by atoms with E-state index >= 15 is 0 Å². The summed E-state index contributed by atoms with van der Waals surface area (Å²) >= 11 is -1.79. The van der Waals surface area contributed by atoms with Crippen LogP contribution in [-0.2, 0) is 0 Å². The van der Waals surface area contributed by atoms with Crippen molar-refractivity contribution in [2.75, 3.05) is 0 Å². The first-order chi connectivity index (χ1) is 9.76. The second-order valence-electron chi connectivity index (χ2n) is 7.52. The first-order valence-corrected chi connectivity index (χ1v) is 17.8. The molecule has 0 spiro atoms.